The number of carbonyl (C=O) groups is 1. The highest BCUT2D eigenvalue weighted by Crippen LogP contribution is 2.19. The molecule has 5 nitrogen and oxygen atoms in total. The van der Waals surface area contributed by atoms with Crippen molar-refractivity contribution in [1.82, 2.24) is 9.78 Å². The summed E-state index contributed by atoms with van der Waals surface area (Å²) in [5, 5.41) is 16.4. The normalized spacial score (nSPS) is 12.5. The van der Waals surface area contributed by atoms with Crippen LogP contribution in [0.4, 0.5) is 5.82 Å². The Bertz CT molecular complexity index is 404. The topological polar surface area (TPSA) is 67.2 Å². The van der Waals surface area contributed by atoms with Gasteiger partial charge in [-0.2, -0.15) is 16.9 Å². The van der Waals surface area contributed by atoms with E-state index in [4.69, 9.17) is 5.11 Å². The Morgan fingerprint density at radius 3 is 2.82 bits per heavy atom. The highest BCUT2D eigenvalue weighted by atomic mass is 32.2. The van der Waals surface area contributed by atoms with Crippen molar-refractivity contribution in [2.45, 2.75) is 13.8 Å². The maximum absolute atomic E-state index is 11.1. The fourth-order valence-electron chi connectivity index (χ4n) is 1.73. The number of carboxylic acids is 1. The molecule has 2 N–H and O–H groups in total. The van der Waals surface area contributed by atoms with Crippen LogP contribution in [0, 0.1) is 12.8 Å². The second kappa shape index (κ2) is 5.95. The molecule has 0 aliphatic carbocycles. The van der Waals surface area contributed by atoms with Crippen molar-refractivity contribution in [2.24, 2.45) is 13.0 Å². The number of nitrogens with zero attached hydrogens (tertiary/aromatic N) is 2. The molecule has 0 saturated carbocycles. The van der Waals surface area contributed by atoms with Gasteiger partial charge in [-0.15, -0.1) is 0 Å². The maximum Gasteiger partial charge on any atom is 0.341 e. The molecule has 1 rings (SSSR count). The first-order valence-corrected chi connectivity index (χ1v) is 6.86. The minimum Gasteiger partial charge on any atom is -0.477 e. The first-order chi connectivity index (χ1) is 7.97. The molecular formula is C11H19N3O2S. The summed E-state index contributed by atoms with van der Waals surface area (Å²) in [6.07, 6.45) is 2.06. The number of aromatic nitrogens is 2. The molecule has 1 aromatic heterocycles. The van der Waals surface area contributed by atoms with E-state index in [1.165, 1.54) is 0 Å². The number of rotatable bonds is 6. The highest BCUT2D eigenvalue weighted by molar-refractivity contribution is 7.98. The Kier molecular flexibility index (Phi) is 4.86. The zero-order valence-electron chi connectivity index (χ0n) is 10.6. The van der Waals surface area contributed by atoms with E-state index in [1.807, 2.05) is 0 Å². The minimum absolute atomic E-state index is 0.267. The molecule has 0 aliphatic rings. The number of hydrogen-bond acceptors (Lipinski definition) is 4. The molecule has 1 heterocycles. The Morgan fingerprint density at radius 1 is 1.65 bits per heavy atom. The summed E-state index contributed by atoms with van der Waals surface area (Å²) in [5.41, 5.74) is 0.809. The molecule has 1 unspecified atom stereocenters. The largest absolute Gasteiger partial charge is 0.477 e. The van der Waals surface area contributed by atoms with Crippen LogP contribution < -0.4 is 5.32 Å². The van der Waals surface area contributed by atoms with Gasteiger partial charge >= 0.3 is 5.97 Å². The van der Waals surface area contributed by atoms with Crippen molar-refractivity contribution < 1.29 is 9.90 Å². The third kappa shape index (κ3) is 3.39. The molecule has 6 heteroatoms. The predicted octanol–water partition coefficient (Wildman–Crippen LogP) is 1.84. The molecule has 0 bridgehead atoms. The van der Waals surface area contributed by atoms with Crippen LogP contribution in [0.2, 0.25) is 0 Å². The van der Waals surface area contributed by atoms with E-state index in [0.29, 0.717) is 17.4 Å². The number of anilines is 1. The first-order valence-electron chi connectivity index (χ1n) is 5.47. The van der Waals surface area contributed by atoms with Gasteiger partial charge in [0.05, 0.1) is 5.69 Å². The van der Waals surface area contributed by atoms with Crippen LogP contribution in [0.1, 0.15) is 23.0 Å². The van der Waals surface area contributed by atoms with Crippen LogP contribution in [0.25, 0.3) is 0 Å². The van der Waals surface area contributed by atoms with Crippen LogP contribution in [-0.4, -0.2) is 39.4 Å². The highest BCUT2D eigenvalue weighted by Gasteiger charge is 2.19. The zero-order valence-corrected chi connectivity index (χ0v) is 11.5. The fraction of sp³-hybridized carbons (Fsp3) is 0.636. The van der Waals surface area contributed by atoms with Crippen molar-refractivity contribution in [2.75, 3.05) is 23.9 Å². The summed E-state index contributed by atoms with van der Waals surface area (Å²) in [7, 11) is 1.75. The first kappa shape index (κ1) is 13.9. The summed E-state index contributed by atoms with van der Waals surface area (Å²) >= 11 is 1.79. The lowest BCUT2D eigenvalue weighted by Crippen LogP contribution is -2.17. The molecule has 0 saturated heterocycles. The molecule has 0 amide bonds. The SMILES string of the molecule is CSCC(C)CNc1c(C(=O)O)c(C)nn1C. The fourth-order valence-corrected chi connectivity index (χ4v) is 2.42. The van der Waals surface area contributed by atoms with Crippen molar-refractivity contribution >= 4 is 23.5 Å². The summed E-state index contributed by atoms with van der Waals surface area (Å²) < 4.78 is 1.59. The molecule has 17 heavy (non-hydrogen) atoms. The maximum atomic E-state index is 11.1. The van der Waals surface area contributed by atoms with Crippen LogP contribution in [0.15, 0.2) is 0 Å². The summed E-state index contributed by atoms with van der Waals surface area (Å²) in [6.45, 7) is 4.59. The lowest BCUT2D eigenvalue weighted by atomic mass is 10.2. The minimum atomic E-state index is -0.935. The van der Waals surface area contributed by atoms with E-state index < -0.39 is 5.97 Å². The van der Waals surface area contributed by atoms with Gasteiger partial charge in [0.2, 0.25) is 0 Å². The summed E-state index contributed by atoms with van der Waals surface area (Å²) in [4.78, 5) is 11.1. The van der Waals surface area contributed by atoms with Gasteiger partial charge in [0, 0.05) is 13.6 Å². The summed E-state index contributed by atoms with van der Waals surface area (Å²) in [5.74, 6) is 1.19. The average Bonchev–Trinajstić information content (AvgIpc) is 2.50. The Balaban J connectivity index is 2.80. The van der Waals surface area contributed by atoms with E-state index in [1.54, 1.807) is 30.4 Å². The van der Waals surface area contributed by atoms with Gasteiger partial charge in [0.15, 0.2) is 0 Å². The Hall–Kier alpha value is -1.17. The van der Waals surface area contributed by atoms with E-state index in [-0.39, 0.29) is 5.56 Å². The number of aryl methyl sites for hydroxylation is 2. The Labute approximate surface area is 106 Å². The molecule has 96 valence electrons. The Morgan fingerprint density at radius 2 is 2.29 bits per heavy atom. The summed E-state index contributed by atoms with van der Waals surface area (Å²) in [6, 6.07) is 0. The van der Waals surface area contributed by atoms with Crippen molar-refractivity contribution in [1.29, 1.82) is 0 Å². The van der Waals surface area contributed by atoms with E-state index >= 15 is 0 Å². The van der Waals surface area contributed by atoms with Gasteiger partial charge in [0.25, 0.3) is 0 Å². The third-order valence-electron chi connectivity index (χ3n) is 2.51. The smallest absolute Gasteiger partial charge is 0.341 e. The molecule has 0 spiro atoms. The van der Waals surface area contributed by atoms with Crippen LogP contribution in [-0.2, 0) is 7.05 Å². The van der Waals surface area contributed by atoms with Crippen molar-refractivity contribution in [3.05, 3.63) is 11.3 Å². The monoisotopic (exact) mass is 257 g/mol. The van der Waals surface area contributed by atoms with Gasteiger partial charge in [-0.1, -0.05) is 6.92 Å². The van der Waals surface area contributed by atoms with Crippen LogP contribution in [0.3, 0.4) is 0 Å². The lowest BCUT2D eigenvalue weighted by Gasteiger charge is -2.13. The van der Waals surface area contributed by atoms with E-state index in [2.05, 4.69) is 23.6 Å². The van der Waals surface area contributed by atoms with Gasteiger partial charge in [-0.25, -0.2) is 4.79 Å². The van der Waals surface area contributed by atoms with Gasteiger partial charge in [-0.05, 0) is 24.9 Å². The number of hydrogen-bond donors (Lipinski definition) is 2. The number of carboxylic acid groups (broad SMARTS) is 1. The van der Waals surface area contributed by atoms with E-state index in [9.17, 15) is 4.79 Å². The standard InChI is InChI=1S/C11H19N3O2S/c1-7(6-17-4)5-12-10-9(11(15)16)8(2)13-14(10)3/h7,12H,5-6H2,1-4H3,(H,15,16). The molecule has 0 radical (unpaired) electrons. The lowest BCUT2D eigenvalue weighted by molar-refractivity contribution is 0.0697. The molecule has 1 atom stereocenters. The quantitative estimate of drug-likeness (QED) is 0.814. The van der Waals surface area contributed by atoms with Gasteiger partial charge in [0.1, 0.15) is 11.4 Å². The second-order valence-electron chi connectivity index (χ2n) is 4.18. The molecular weight excluding hydrogens is 238 g/mol. The number of nitrogens with one attached hydrogen (secondary N) is 1. The van der Waals surface area contributed by atoms with Crippen LogP contribution in [0.5, 0.6) is 0 Å². The van der Waals surface area contributed by atoms with E-state index in [0.717, 1.165) is 12.3 Å². The zero-order chi connectivity index (χ0) is 13.0. The average molecular weight is 257 g/mol. The molecule has 0 aromatic carbocycles. The second-order valence-corrected chi connectivity index (χ2v) is 5.09. The number of aromatic carboxylic acids is 1. The van der Waals surface area contributed by atoms with Crippen molar-refractivity contribution in [3.8, 4) is 0 Å². The van der Waals surface area contributed by atoms with Gasteiger partial charge in [-0.3, -0.25) is 4.68 Å². The molecule has 1 aromatic rings. The molecule has 0 fully saturated rings. The number of thioether (sulfide) groups is 1. The predicted molar refractivity (Wildman–Crippen MR) is 70.9 cm³/mol. The van der Waals surface area contributed by atoms with Crippen LogP contribution >= 0.6 is 11.8 Å². The van der Waals surface area contributed by atoms with Gasteiger partial charge < -0.3 is 10.4 Å². The van der Waals surface area contributed by atoms with Crippen molar-refractivity contribution in [3.63, 3.8) is 0 Å². The molecule has 0 aliphatic heterocycles. The third-order valence-corrected chi connectivity index (χ3v) is 3.41.